The van der Waals surface area contributed by atoms with Gasteiger partial charge in [0, 0.05) is 6.07 Å². The first-order chi connectivity index (χ1) is 8.42. The highest BCUT2D eigenvalue weighted by Gasteiger charge is 2.24. The summed E-state index contributed by atoms with van der Waals surface area (Å²) in [6.07, 6.45) is -0.163. The zero-order valence-corrected chi connectivity index (χ0v) is 11.2. The predicted octanol–water partition coefficient (Wildman–Crippen LogP) is 2.40. The van der Waals surface area contributed by atoms with E-state index < -0.39 is 0 Å². The van der Waals surface area contributed by atoms with E-state index in [4.69, 9.17) is 14.2 Å². The third-order valence-corrected chi connectivity index (χ3v) is 2.31. The number of hydrogen-bond donors (Lipinski definition) is 1. The Labute approximate surface area is 106 Å². The van der Waals surface area contributed by atoms with Crippen molar-refractivity contribution in [3.8, 4) is 23.0 Å². The van der Waals surface area contributed by atoms with Gasteiger partial charge in [0.25, 0.3) is 0 Å². The maximum atomic E-state index is 11.6. The molecule has 0 aliphatic rings. The predicted molar refractivity (Wildman–Crippen MR) is 67.0 cm³/mol. The summed E-state index contributed by atoms with van der Waals surface area (Å²) in [7, 11) is 2.90. The van der Waals surface area contributed by atoms with Crippen molar-refractivity contribution in [2.24, 2.45) is 0 Å². The molecule has 0 radical (unpaired) electrons. The van der Waals surface area contributed by atoms with Gasteiger partial charge in [-0.15, -0.1) is 0 Å². The maximum absolute atomic E-state index is 11.6. The molecule has 0 fully saturated rings. The number of rotatable bonds is 5. The van der Waals surface area contributed by atoms with Crippen LogP contribution in [0.25, 0.3) is 0 Å². The molecular weight excluding hydrogens is 236 g/mol. The van der Waals surface area contributed by atoms with Crippen LogP contribution in [0.15, 0.2) is 6.07 Å². The first-order valence-electron chi connectivity index (χ1n) is 5.57. The first kappa shape index (κ1) is 14.2. The van der Waals surface area contributed by atoms with Gasteiger partial charge in [0.15, 0.2) is 17.3 Å². The maximum Gasteiger partial charge on any atom is 0.204 e. The van der Waals surface area contributed by atoms with E-state index in [9.17, 15) is 9.90 Å². The standard InChI is InChI=1S/C13H18O5/c1-7(2)18-13-11(8(3)14)9(15)6-10(16-4)12(13)17-5/h6-7,15H,1-5H3. The average Bonchev–Trinajstić information content (AvgIpc) is 2.26. The molecule has 5 heteroatoms. The van der Waals surface area contributed by atoms with Gasteiger partial charge in [-0.05, 0) is 20.8 Å². The highest BCUT2D eigenvalue weighted by atomic mass is 16.5. The third-order valence-electron chi connectivity index (χ3n) is 2.31. The number of aromatic hydroxyl groups is 1. The monoisotopic (exact) mass is 254 g/mol. The Bertz CT molecular complexity index is 451. The summed E-state index contributed by atoms with van der Waals surface area (Å²) in [6.45, 7) is 4.99. The van der Waals surface area contributed by atoms with Gasteiger partial charge in [-0.1, -0.05) is 0 Å². The van der Waals surface area contributed by atoms with Gasteiger partial charge in [0.2, 0.25) is 5.75 Å². The molecule has 1 aromatic carbocycles. The van der Waals surface area contributed by atoms with Crippen LogP contribution in [-0.2, 0) is 0 Å². The van der Waals surface area contributed by atoms with Crippen molar-refractivity contribution >= 4 is 5.78 Å². The van der Waals surface area contributed by atoms with E-state index >= 15 is 0 Å². The Morgan fingerprint density at radius 3 is 2.22 bits per heavy atom. The molecular formula is C13H18O5. The van der Waals surface area contributed by atoms with Crippen molar-refractivity contribution < 1.29 is 24.1 Å². The Balaban J connectivity index is 3.55. The minimum Gasteiger partial charge on any atom is -0.507 e. The lowest BCUT2D eigenvalue weighted by Crippen LogP contribution is -2.11. The van der Waals surface area contributed by atoms with Crippen LogP contribution in [-0.4, -0.2) is 31.2 Å². The van der Waals surface area contributed by atoms with E-state index in [1.54, 1.807) is 0 Å². The molecule has 0 heterocycles. The van der Waals surface area contributed by atoms with Gasteiger partial charge in [0.05, 0.1) is 20.3 Å². The molecule has 0 saturated heterocycles. The minimum atomic E-state index is -0.302. The van der Waals surface area contributed by atoms with Crippen LogP contribution in [0.3, 0.4) is 0 Å². The zero-order valence-electron chi connectivity index (χ0n) is 11.2. The number of ether oxygens (including phenoxy) is 3. The highest BCUT2D eigenvalue weighted by molar-refractivity contribution is 6.01. The van der Waals surface area contributed by atoms with E-state index in [-0.39, 0.29) is 28.9 Å². The van der Waals surface area contributed by atoms with Gasteiger partial charge in [-0.3, -0.25) is 4.79 Å². The third kappa shape index (κ3) is 2.67. The molecule has 1 N–H and O–H groups in total. The molecule has 1 rings (SSSR count). The molecule has 0 spiro atoms. The van der Waals surface area contributed by atoms with Crippen LogP contribution < -0.4 is 14.2 Å². The first-order valence-corrected chi connectivity index (χ1v) is 5.57. The van der Waals surface area contributed by atoms with Crippen LogP contribution in [0.5, 0.6) is 23.0 Å². The van der Waals surface area contributed by atoms with Crippen molar-refractivity contribution in [1.82, 2.24) is 0 Å². The van der Waals surface area contributed by atoms with Gasteiger partial charge >= 0.3 is 0 Å². The molecule has 0 aromatic heterocycles. The number of hydrogen-bond acceptors (Lipinski definition) is 5. The summed E-state index contributed by atoms with van der Waals surface area (Å²) < 4.78 is 15.9. The van der Waals surface area contributed by atoms with E-state index in [2.05, 4.69) is 0 Å². The molecule has 0 bridgehead atoms. The Morgan fingerprint density at radius 2 is 1.83 bits per heavy atom. The summed E-state index contributed by atoms with van der Waals surface area (Å²) in [5, 5.41) is 9.87. The number of phenolic OH excluding ortho intramolecular Hbond substituents is 1. The lowest BCUT2D eigenvalue weighted by Gasteiger charge is -2.19. The van der Waals surface area contributed by atoms with Gasteiger partial charge in [-0.2, -0.15) is 0 Å². The zero-order chi connectivity index (χ0) is 13.9. The Kier molecular flexibility index (Phi) is 4.42. The van der Waals surface area contributed by atoms with Crippen molar-refractivity contribution in [3.63, 3.8) is 0 Å². The molecule has 0 atom stereocenters. The second-order valence-corrected chi connectivity index (χ2v) is 4.06. The topological polar surface area (TPSA) is 65.0 Å². The van der Waals surface area contributed by atoms with Crippen LogP contribution in [0, 0.1) is 0 Å². The van der Waals surface area contributed by atoms with E-state index in [0.29, 0.717) is 11.5 Å². The lowest BCUT2D eigenvalue weighted by molar-refractivity contribution is 0.100. The molecule has 18 heavy (non-hydrogen) atoms. The molecule has 100 valence electrons. The fourth-order valence-electron chi connectivity index (χ4n) is 1.64. The Hall–Kier alpha value is -1.91. The number of benzene rings is 1. The Morgan fingerprint density at radius 1 is 1.22 bits per heavy atom. The van der Waals surface area contributed by atoms with E-state index in [0.717, 1.165) is 0 Å². The van der Waals surface area contributed by atoms with Gasteiger partial charge in [0.1, 0.15) is 11.3 Å². The molecule has 0 saturated carbocycles. The van der Waals surface area contributed by atoms with E-state index in [1.165, 1.54) is 27.2 Å². The molecule has 0 amide bonds. The second-order valence-electron chi connectivity index (χ2n) is 4.06. The smallest absolute Gasteiger partial charge is 0.204 e. The van der Waals surface area contributed by atoms with Gasteiger partial charge in [-0.25, -0.2) is 0 Å². The highest BCUT2D eigenvalue weighted by Crippen LogP contribution is 2.45. The van der Waals surface area contributed by atoms with Crippen LogP contribution >= 0.6 is 0 Å². The number of phenols is 1. The molecule has 0 aliphatic heterocycles. The molecule has 5 nitrogen and oxygen atoms in total. The molecule has 0 aliphatic carbocycles. The van der Waals surface area contributed by atoms with Crippen molar-refractivity contribution in [2.45, 2.75) is 26.9 Å². The summed E-state index contributed by atoms with van der Waals surface area (Å²) in [6, 6.07) is 1.34. The van der Waals surface area contributed by atoms with Crippen LogP contribution in [0.1, 0.15) is 31.1 Å². The fraction of sp³-hybridized carbons (Fsp3) is 0.462. The van der Waals surface area contributed by atoms with Crippen LogP contribution in [0.2, 0.25) is 0 Å². The number of Topliss-reactive ketones (excluding diaryl/α,β-unsaturated/α-hetero) is 1. The normalized spacial score (nSPS) is 10.3. The van der Waals surface area contributed by atoms with Crippen molar-refractivity contribution in [2.75, 3.05) is 14.2 Å². The van der Waals surface area contributed by atoms with Crippen molar-refractivity contribution in [1.29, 1.82) is 0 Å². The number of methoxy groups -OCH3 is 2. The minimum absolute atomic E-state index is 0.0985. The SMILES string of the molecule is COc1cc(O)c(C(C)=O)c(OC(C)C)c1OC. The average molecular weight is 254 g/mol. The van der Waals surface area contributed by atoms with Crippen LogP contribution in [0.4, 0.5) is 0 Å². The lowest BCUT2D eigenvalue weighted by atomic mass is 10.1. The fourth-order valence-corrected chi connectivity index (χ4v) is 1.64. The summed E-state index contributed by atoms with van der Waals surface area (Å²) in [5.41, 5.74) is 0.0985. The molecule has 1 aromatic rings. The summed E-state index contributed by atoms with van der Waals surface area (Å²) in [5.74, 6) is 0.335. The van der Waals surface area contributed by atoms with Gasteiger partial charge < -0.3 is 19.3 Å². The summed E-state index contributed by atoms with van der Waals surface area (Å²) >= 11 is 0. The summed E-state index contributed by atoms with van der Waals surface area (Å²) in [4.78, 5) is 11.6. The number of ketones is 1. The quantitative estimate of drug-likeness (QED) is 0.817. The largest absolute Gasteiger partial charge is 0.507 e. The second kappa shape index (κ2) is 5.62. The number of carbonyl (C=O) groups is 1. The molecule has 0 unspecified atom stereocenters. The van der Waals surface area contributed by atoms with Crippen molar-refractivity contribution in [3.05, 3.63) is 11.6 Å². The van der Waals surface area contributed by atoms with E-state index in [1.807, 2.05) is 13.8 Å². The number of carbonyl (C=O) groups excluding carboxylic acids is 1.